The summed E-state index contributed by atoms with van der Waals surface area (Å²) < 4.78 is 61.6. The lowest BCUT2D eigenvalue weighted by molar-refractivity contribution is -0.0436. The minimum Gasteiger partial charge on any atom is -0.382 e. The maximum Gasteiger partial charge on any atom is 0.501 e. The first kappa shape index (κ1) is 13.4. The maximum absolute atomic E-state index is 12.6. The summed E-state index contributed by atoms with van der Waals surface area (Å²) in [5, 5.41) is 3.70. The summed E-state index contributed by atoms with van der Waals surface area (Å²) in [7, 11) is -5.45. The zero-order valence-electron chi connectivity index (χ0n) is 9.29. The second-order valence-electron chi connectivity index (χ2n) is 3.60. The van der Waals surface area contributed by atoms with Gasteiger partial charge in [0, 0.05) is 12.3 Å². The summed E-state index contributed by atoms with van der Waals surface area (Å²) in [6.07, 6.45) is 1.28. The van der Waals surface area contributed by atoms with E-state index >= 15 is 0 Å². The highest BCUT2D eigenvalue weighted by Gasteiger charge is 2.48. The third-order valence-corrected chi connectivity index (χ3v) is 3.85. The molecule has 2 N–H and O–H groups in total. The van der Waals surface area contributed by atoms with Crippen LogP contribution in [0, 0.1) is 0 Å². The fourth-order valence-corrected chi connectivity index (χ4v) is 2.41. The molecule has 102 valence electrons. The number of para-hydroxylation sites is 1. The molecule has 2 rings (SSSR count). The van der Waals surface area contributed by atoms with Gasteiger partial charge < -0.3 is 5.73 Å². The van der Waals surface area contributed by atoms with Gasteiger partial charge in [0.2, 0.25) is 0 Å². The number of rotatable bonds is 2. The van der Waals surface area contributed by atoms with E-state index in [0.29, 0.717) is 0 Å². The molecule has 0 fully saturated rings. The zero-order valence-corrected chi connectivity index (χ0v) is 10.1. The molecule has 1 aromatic heterocycles. The standard InChI is InChI=1S/C10H8F3N3O2S/c11-10(12,13)19(17,18)8-4-2-1-3-7(8)16-6-5-9(14)15-16/h1-6H,(H2,14,15). The number of nitrogen functional groups attached to an aromatic ring is 1. The molecular weight excluding hydrogens is 283 g/mol. The number of hydrogen-bond acceptors (Lipinski definition) is 4. The summed E-state index contributed by atoms with van der Waals surface area (Å²) in [6.45, 7) is 0. The summed E-state index contributed by atoms with van der Waals surface area (Å²) >= 11 is 0. The van der Waals surface area contributed by atoms with Gasteiger partial charge in [-0.3, -0.25) is 0 Å². The molecule has 0 spiro atoms. The van der Waals surface area contributed by atoms with Crippen LogP contribution in [0.2, 0.25) is 0 Å². The molecule has 19 heavy (non-hydrogen) atoms. The molecule has 0 aliphatic rings. The van der Waals surface area contributed by atoms with E-state index in [9.17, 15) is 21.6 Å². The van der Waals surface area contributed by atoms with Crippen LogP contribution < -0.4 is 5.73 Å². The predicted octanol–water partition coefficient (Wildman–Crippen LogP) is 1.75. The lowest BCUT2D eigenvalue weighted by Crippen LogP contribution is -2.24. The minimum atomic E-state index is -5.45. The van der Waals surface area contributed by atoms with Crippen LogP contribution in [0.25, 0.3) is 5.69 Å². The molecule has 0 atom stereocenters. The number of benzene rings is 1. The number of anilines is 1. The third kappa shape index (κ3) is 2.28. The van der Waals surface area contributed by atoms with Crippen molar-refractivity contribution in [3.05, 3.63) is 36.5 Å². The number of alkyl halides is 3. The van der Waals surface area contributed by atoms with E-state index in [-0.39, 0.29) is 11.5 Å². The van der Waals surface area contributed by atoms with Crippen molar-refractivity contribution in [2.45, 2.75) is 10.4 Å². The Balaban J connectivity index is 2.68. The maximum atomic E-state index is 12.6. The molecule has 2 aromatic rings. The van der Waals surface area contributed by atoms with Crippen LogP contribution in [0.5, 0.6) is 0 Å². The van der Waals surface area contributed by atoms with Gasteiger partial charge in [0.05, 0.1) is 5.69 Å². The Kier molecular flexibility index (Phi) is 3.01. The Hall–Kier alpha value is -2.03. The average molecular weight is 291 g/mol. The molecule has 0 radical (unpaired) electrons. The summed E-state index contributed by atoms with van der Waals surface area (Å²) in [5.41, 5.74) is -0.228. The molecule has 0 saturated heterocycles. The second-order valence-corrected chi connectivity index (χ2v) is 5.51. The van der Waals surface area contributed by atoms with E-state index in [1.54, 1.807) is 0 Å². The van der Waals surface area contributed by atoms with E-state index in [2.05, 4.69) is 5.10 Å². The van der Waals surface area contributed by atoms with Crippen molar-refractivity contribution in [2.24, 2.45) is 0 Å². The van der Waals surface area contributed by atoms with Gasteiger partial charge in [0.25, 0.3) is 9.84 Å². The van der Waals surface area contributed by atoms with Gasteiger partial charge in [-0.15, -0.1) is 0 Å². The van der Waals surface area contributed by atoms with E-state index in [4.69, 9.17) is 5.73 Å². The molecule has 5 nitrogen and oxygen atoms in total. The second kappa shape index (κ2) is 4.26. The molecular formula is C10H8F3N3O2S. The molecule has 0 saturated carbocycles. The lowest BCUT2D eigenvalue weighted by Gasteiger charge is -2.12. The first-order valence-electron chi connectivity index (χ1n) is 4.95. The summed E-state index contributed by atoms with van der Waals surface area (Å²) in [6, 6.07) is 6.04. The topological polar surface area (TPSA) is 78.0 Å². The molecule has 1 heterocycles. The van der Waals surface area contributed by atoms with Crippen LogP contribution in [0.3, 0.4) is 0 Å². The third-order valence-electron chi connectivity index (χ3n) is 2.32. The Morgan fingerprint density at radius 3 is 2.32 bits per heavy atom. The quantitative estimate of drug-likeness (QED) is 0.914. The largest absolute Gasteiger partial charge is 0.501 e. The highest BCUT2D eigenvalue weighted by Crippen LogP contribution is 2.33. The first-order chi connectivity index (χ1) is 8.73. The monoisotopic (exact) mass is 291 g/mol. The Labute approximate surface area is 106 Å². The number of halogens is 3. The molecule has 0 aliphatic heterocycles. The van der Waals surface area contributed by atoms with Crippen molar-refractivity contribution in [1.29, 1.82) is 0 Å². The number of hydrogen-bond donors (Lipinski definition) is 1. The smallest absolute Gasteiger partial charge is 0.382 e. The van der Waals surface area contributed by atoms with Gasteiger partial charge in [0.15, 0.2) is 0 Å². The van der Waals surface area contributed by atoms with Crippen LogP contribution in [0.4, 0.5) is 19.0 Å². The highest BCUT2D eigenvalue weighted by molar-refractivity contribution is 7.92. The van der Waals surface area contributed by atoms with Gasteiger partial charge in [-0.2, -0.15) is 18.3 Å². The Bertz CT molecular complexity index is 707. The SMILES string of the molecule is Nc1ccn(-c2ccccc2S(=O)(=O)C(F)(F)F)n1. The van der Waals surface area contributed by atoms with Gasteiger partial charge in [-0.1, -0.05) is 12.1 Å². The van der Waals surface area contributed by atoms with Crippen LogP contribution in [-0.2, 0) is 9.84 Å². The van der Waals surface area contributed by atoms with Crippen molar-refractivity contribution in [1.82, 2.24) is 9.78 Å². The molecule has 0 unspecified atom stereocenters. The van der Waals surface area contributed by atoms with E-state index in [0.717, 1.165) is 10.7 Å². The van der Waals surface area contributed by atoms with Gasteiger partial charge in [-0.05, 0) is 12.1 Å². The lowest BCUT2D eigenvalue weighted by atomic mass is 10.3. The highest BCUT2D eigenvalue weighted by atomic mass is 32.2. The average Bonchev–Trinajstić information content (AvgIpc) is 2.74. The fourth-order valence-electron chi connectivity index (χ4n) is 1.47. The van der Waals surface area contributed by atoms with Crippen molar-refractivity contribution in [3.8, 4) is 5.69 Å². The number of nitrogens with zero attached hydrogens (tertiary/aromatic N) is 2. The normalized spacial score (nSPS) is 12.6. The molecule has 0 bridgehead atoms. The van der Waals surface area contributed by atoms with Crippen molar-refractivity contribution < 1.29 is 21.6 Å². The van der Waals surface area contributed by atoms with Crippen LogP contribution in [0.1, 0.15) is 0 Å². The van der Waals surface area contributed by atoms with E-state index < -0.39 is 20.2 Å². The molecule has 1 aromatic carbocycles. The Morgan fingerprint density at radius 2 is 1.79 bits per heavy atom. The first-order valence-corrected chi connectivity index (χ1v) is 6.44. The van der Waals surface area contributed by atoms with Gasteiger partial charge in [-0.25, -0.2) is 13.1 Å². The zero-order chi connectivity index (χ0) is 14.3. The Morgan fingerprint density at radius 1 is 1.16 bits per heavy atom. The molecule has 0 amide bonds. The number of aromatic nitrogens is 2. The number of nitrogens with two attached hydrogens (primary N) is 1. The predicted molar refractivity (Wildman–Crippen MR) is 61.2 cm³/mol. The van der Waals surface area contributed by atoms with Crippen LogP contribution in [0.15, 0.2) is 41.4 Å². The molecule has 0 aliphatic carbocycles. The fraction of sp³-hybridized carbons (Fsp3) is 0.100. The van der Waals surface area contributed by atoms with Crippen LogP contribution in [-0.4, -0.2) is 23.7 Å². The van der Waals surface area contributed by atoms with Crippen molar-refractivity contribution in [3.63, 3.8) is 0 Å². The summed E-state index contributed by atoms with van der Waals surface area (Å²) in [4.78, 5) is -0.870. The van der Waals surface area contributed by atoms with E-state index in [1.807, 2.05) is 0 Å². The minimum absolute atomic E-state index is 0.0687. The van der Waals surface area contributed by atoms with Crippen molar-refractivity contribution in [2.75, 3.05) is 5.73 Å². The van der Waals surface area contributed by atoms with Crippen LogP contribution >= 0.6 is 0 Å². The number of sulfone groups is 1. The van der Waals surface area contributed by atoms with Gasteiger partial charge in [0.1, 0.15) is 10.7 Å². The van der Waals surface area contributed by atoms with Crippen molar-refractivity contribution >= 4 is 15.7 Å². The molecule has 9 heteroatoms. The van der Waals surface area contributed by atoms with E-state index in [1.165, 1.54) is 30.5 Å². The summed E-state index contributed by atoms with van der Waals surface area (Å²) in [5.74, 6) is 0.0687. The van der Waals surface area contributed by atoms with Gasteiger partial charge >= 0.3 is 5.51 Å².